The Morgan fingerprint density at radius 2 is 2.03 bits per heavy atom. The van der Waals surface area contributed by atoms with Gasteiger partial charge in [-0.2, -0.15) is 0 Å². The Morgan fingerprint density at radius 3 is 2.72 bits per heavy atom. The molecule has 4 unspecified atom stereocenters. The van der Waals surface area contributed by atoms with Gasteiger partial charge in [0.15, 0.2) is 0 Å². The minimum Gasteiger partial charge on any atom is -0.465 e. The van der Waals surface area contributed by atoms with Gasteiger partial charge in [-0.05, 0) is 99.3 Å². The average molecular weight is 561 g/mol. The van der Waals surface area contributed by atoms with Crippen molar-refractivity contribution < 1.29 is 19.4 Å². The normalized spacial score (nSPS) is 30.8. The first-order valence-electron chi connectivity index (χ1n) is 14.8. The highest BCUT2D eigenvalue weighted by molar-refractivity contribution is 6.30. The third kappa shape index (κ3) is 6.49. The highest BCUT2D eigenvalue weighted by Gasteiger charge is 2.57. The van der Waals surface area contributed by atoms with Gasteiger partial charge in [0, 0.05) is 50.2 Å². The summed E-state index contributed by atoms with van der Waals surface area (Å²) < 4.78 is 6.31. The molecule has 4 saturated carbocycles. The smallest absolute Gasteiger partial charge is 0.407 e. The van der Waals surface area contributed by atoms with E-state index in [1.54, 1.807) is 0 Å². The molecule has 5 aliphatic rings. The summed E-state index contributed by atoms with van der Waals surface area (Å²) in [6.07, 6.45) is 8.61. The minimum atomic E-state index is -0.979. The van der Waals surface area contributed by atoms with Crippen LogP contribution >= 0.6 is 11.6 Å². The Hall–Kier alpha value is -2.03. The number of benzene rings is 1. The molecular weight excluding hydrogens is 516 g/mol. The Morgan fingerprint density at radius 1 is 1.26 bits per heavy atom. The lowest BCUT2D eigenvalue weighted by Crippen LogP contribution is -2.52. The molecule has 0 spiro atoms. The molecular formula is C30H45ClN4O4. The highest BCUT2D eigenvalue weighted by atomic mass is 35.5. The number of urea groups is 1. The number of piperidine rings is 1. The van der Waals surface area contributed by atoms with E-state index < -0.39 is 6.09 Å². The summed E-state index contributed by atoms with van der Waals surface area (Å²) in [5, 5.41) is 16.6. The van der Waals surface area contributed by atoms with Gasteiger partial charge in [0.25, 0.3) is 0 Å². The molecule has 1 heterocycles. The number of nitrogens with zero attached hydrogens (tertiary/aromatic N) is 2. The van der Waals surface area contributed by atoms with Gasteiger partial charge < -0.3 is 30.3 Å². The molecule has 3 amide bonds. The number of likely N-dealkylation sites (N-methyl/N-ethyl adjacent to an activating group) is 2. The number of carbonyl (C=O) groups excluding carboxylic acids is 1. The Kier molecular flexibility index (Phi) is 8.94. The van der Waals surface area contributed by atoms with Crippen LogP contribution in [0.5, 0.6) is 0 Å². The van der Waals surface area contributed by atoms with Crippen molar-refractivity contribution in [2.75, 3.05) is 46.9 Å². The van der Waals surface area contributed by atoms with Gasteiger partial charge in [-0.1, -0.05) is 23.7 Å². The second-order valence-electron chi connectivity index (χ2n) is 12.7. The van der Waals surface area contributed by atoms with Crippen molar-refractivity contribution >= 4 is 23.7 Å². The monoisotopic (exact) mass is 560 g/mol. The molecule has 1 aromatic rings. The van der Waals surface area contributed by atoms with Gasteiger partial charge in [0.05, 0.1) is 12.7 Å². The zero-order valence-electron chi connectivity index (χ0n) is 23.4. The maximum absolute atomic E-state index is 13.6. The van der Waals surface area contributed by atoms with E-state index in [4.69, 9.17) is 16.3 Å². The Labute approximate surface area is 237 Å². The SMILES string of the molecule is CNC[C@H](CC12CC3CC1C[C@@H](C3)C2)NC(=O)N1CCCC([C@@H](OCCN(C)C(=O)O)c2cccc(Cl)c2)C1. The Balaban J connectivity index is 1.23. The van der Waals surface area contributed by atoms with Crippen molar-refractivity contribution in [1.29, 1.82) is 0 Å². The molecule has 1 aromatic carbocycles. The number of carboxylic acid groups (broad SMARTS) is 1. The molecule has 4 bridgehead atoms. The molecule has 6 rings (SSSR count). The van der Waals surface area contributed by atoms with Gasteiger partial charge in [0.1, 0.15) is 0 Å². The van der Waals surface area contributed by atoms with Crippen molar-refractivity contribution in [2.45, 2.75) is 63.5 Å². The summed E-state index contributed by atoms with van der Waals surface area (Å²) in [6.45, 7) is 2.67. The van der Waals surface area contributed by atoms with Crippen LogP contribution in [-0.2, 0) is 4.74 Å². The minimum absolute atomic E-state index is 0.0181. The van der Waals surface area contributed by atoms with Crippen molar-refractivity contribution in [2.24, 2.45) is 29.1 Å². The predicted molar refractivity (Wildman–Crippen MR) is 152 cm³/mol. The molecule has 9 heteroatoms. The first-order valence-corrected chi connectivity index (χ1v) is 15.2. The topological polar surface area (TPSA) is 94.1 Å². The molecule has 39 heavy (non-hydrogen) atoms. The van der Waals surface area contributed by atoms with Crippen LogP contribution in [0.15, 0.2) is 24.3 Å². The van der Waals surface area contributed by atoms with Crippen molar-refractivity contribution in [3.63, 3.8) is 0 Å². The predicted octanol–water partition coefficient (Wildman–Crippen LogP) is 5.23. The van der Waals surface area contributed by atoms with Gasteiger partial charge in [-0.25, -0.2) is 9.59 Å². The van der Waals surface area contributed by atoms with Crippen LogP contribution in [0, 0.1) is 29.1 Å². The third-order valence-corrected chi connectivity index (χ3v) is 10.2. The van der Waals surface area contributed by atoms with Crippen LogP contribution in [0.1, 0.15) is 63.0 Å². The number of halogens is 1. The molecule has 0 radical (unpaired) electrons. The molecule has 3 N–H and O–H groups in total. The summed E-state index contributed by atoms with van der Waals surface area (Å²) in [5.41, 5.74) is 1.40. The fraction of sp³-hybridized carbons (Fsp3) is 0.733. The molecule has 8 nitrogen and oxygen atoms in total. The standard InChI is InChI=1S/C30H45ClN4O4/c1-32-18-26(17-30-15-20-11-21(16-30)13-24(30)12-20)33-28(36)35-8-4-6-23(19-35)27(22-5-3-7-25(31)14-22)39-10-9-34(2)29(37)38/h3,5,7,14,20-21,23-24,26-27,32H,4,6,8-13,15-19H2,1-2H3,(H,33,36)(H,37,38)/t20-,21?,23?,24?,26+,27+,30?/m1/s1. The summed E-state index contributed by atoms with van der Waals surface area (Å²) in [6, 6.07) is 7.82. The summed E-state index contributed by atoms with van der Waals surface area (Å²) in [4.78, 5) is 28.0. The van der Waals surface area contributed by atoms with Crippen LogP contribution < -0.4 is 10.6 Å². The van der Waals surface area contributed by atoms with E-state index in [1.165, 1.54) is 44.1 Å². The number of hydrogen-bond acceptors (Lipinski definition) is 4. The third-order valence-electron chi connectivity index (χ3n) is 9.99. The summed E-state index contributed by atoms with van der Waals surface area (Å²) in [5.74, 6) is 2.78. The van der Waals surface area contributed by atoms with E-state index in [-0.39, 0.29) is 37.2 Å². The van der Waals surface area contributed by atoms with Crippen LogP contribution in [0.4, 0.5) is 9.59 Å². The maximum Gasteiger partial charge on any atom is 0.407 e. The lowest BCUT2D eigenvalue weighted by Gasteiger charge is -2.39. The number of hydrogen-bond donors (Lipinski definition) is 3. The number of nitrogens with one attached hydrogen (secondary N) is 2. The van der Waals surface area contributed by atoms with Gasteiger partial charge in [-0.3, -0.25) is 0 Å². The first-order chi connectivity index (χ1) is 18.8. The van der Waals surface area contributed by atoms with Crippen molar-refractivity contribution in [1.82, 2.24) is 20.4 Å². The molecule has 216 valence electrons. The first kappa shape index (κ1) is 28.5. The lowest BCUT2D eigenvalue weighted by molar-refractivity contribution is -0.0156. The second kappa shape index (κ2) is 12.2. The molecule has 4 aliphatic carbocycles. The van der Waals surface area contributed by atoms with Gasteiger partial charge in [-0.15, -0.1) is 0 Å². The molecule has 7 atom stereocenters. The highest BCUT2D eigenvalue weighted by Crippen LogP contribution is 2.67. The van der Waals surface area contributed by atoms with E-state index in [0.717, 1.165) is 55.7 Å². The fourth-order valence-electron chi connectivity index (χ4n) is 8.52. The number of amides is 3. The number of ether oxygens (including phenoxy) is 1. The van der Waals surface area contributed by atoms with E-state index in [9.17, 15) is 14.7 Å². The maximum atomic E-state index is 13.6. The van der Waals surface area contributed by atoms with Gasteiger partial charge in [0.2, 0.25) is 0 Å². The lowest BCUT2D eigenvalue weighted by atomic mass is 9.72. The quantitative estimate of drug-likeness (QED) is 0.344. The Bertz CT molecular complexity index is 1010. The average Bonchev–Trinajstić information content (AvgIpc) is 3.28. The van der Waals surface area contributed by atoms with E-state index >= 15 is 0 Å². The van der Waals surface area contributed by atoms with Crippen LogP contribution in [0.3, 0.4) is 0 Å². The van der Waals surface area contributed by atoms with Gasteiger partial charge >= 0.3 is 12.1 Å². The van der Waals surface area contributed by atoms with E-state index in [1.807, 2.05) is 36.2 Å². The summed E-state index contributed by atoms with van der Waals surface area (Å²) >= 11 is 6.32. The van der Waals surface area contributed by atoms with Crippen LogP contribution in [0.2, 0.25) is 5.02 Å². The van der Waals surface area contributed by atoms with E-state index in [0.29, 0.717) is 17.0 Å². The van der Waals surface area contributed by atoms with Crippen molar-refractivity contribution in [3.8, 4) is 0 Å². The van der Waals surface area contributed by atoms with E-state index in [2.05, 4.69) is 10.6 Å². The molecule has 0 aromatic heterocycles. The number of likely N-dealkylation sites (tertiary alicyclic amines) is 1. The summed E-state index contributed by atoms with van der Waals surface area (Å²) in [7, 11) is 3.51. The molecule has 1 aliphatic heterocycles. The number of rotatable bonds is 11. The van der Waals surface area contributed by atoms with Crippen LogP contribution in [-0.4, -0.2) is 80.0 Å². The zero-order chi connectivity index (χ0) is 27.6. The van der Waals surface area contributed by atoms with Crippen LogP contribution in [0.25, 0.3) is 0 Å². The molecule has 5 fully saturated rings. The largest absolute Gasteiger partial charge is 0.465 e. The van der Waals surface area contributed by atoms with Crippen molar-refractivity contribution in [3.05, 3.63) is 34.9 Å². The second-order valence-corrected chi connectivity index (χ2v) is 13.2. The molecule has 1 saturated heterocycles. The fourth-order valence-corrected chi connectivity index (χ4v) is 8.72. The number of carbonyl (C=O) groups is 2. The zero-order valence-corrected chi connectivity index (χ0v) is 24.2.